The Morgan fingerprint density at radius 1 is 1.24 bits per heavy atom. The number of carbonyl (C=O) groups excluding carboxylic acids is 1. The third kappa shape index (κ3) is 3.79. The summed E-state index contributed by atoms with van der Waals surface area (Å²) in [5.74, 6) is 0.656. The van der Waals surface area contributed by atoms with E-state index in [-0.39, 0.29) is 18.0 Å². The molecule has 0 bridgehead atoms. The van der Waals surface area contributed by atoms with Crippen LogP contribution in [0.5, 0.6) is 0 Å². The minimum absolute atomic E-state index is 0.0292. The largest absolute Gasteiger partial charge is 0.471 e. The number of allylic oxidation sites excluding steroid dienone is 2. The molecule has 0 amide bonds. The van der Waals surface area contributed by atoms with E-state index in [2.05, 4.69) is 0 Å². The average molecular weight is 329 g/mol. The second-order valence-electron chi connectivity index (χ2n) is 5.91. The Morgan fingerprint density at radius 3 is 2.57 bits per heavy atom. The number of hydrogen-bond acceptors (Lipinski definition) is 3. The van der Waals surface area contributed by atoms with E-state index in [1.54, 1.807) is 25.3 Å². The molecule has 0 aromatic heterocycles. The number of ether oxygens (including phenoxy) is 2. The van der Waals surface area contributed by atoms with Crippen LogP contribution >= 0.6 is 23.2 Å². The molecule has 0 unspecified atom stereocenters. The quantitative estimate of drug-likeness (QED) is 0.750. The first kappa shape index (κ1) is 16.3. The summed E-state index contributed by atoms with van der Waals surface area (Å²) in [6, 6.07) is 5.11. The molecule has 0 saturated carbocycles. The molecule has 0 aliphatic heterocycles. The minimum atomic E-state index is -0.136. The fourth-order valence-electron chi connectivity index (χ4n) is 2.51. The molecule has 3 nitrogen and oxygen atoms in total. The number of Topliss-reactive ketones (excluding diaryl/α,β-unsaturated/α-hetero) is 1. The van der Waals surface area contributed by atoms with Gasteiger partial charge >= 0.3 is 0 Å². The maximum absolute atomic E-state index is 12.6. The summed E-state index contributed by atoms with van der Waals surface area (Å²) in [7, 11) is 1.55. The van der Waals surface area contributed by atoms with Crippen LogP contribution < -0.4 is 0 Å². The fourth-order valence-corrected chi connectivity index (χ4v) is 3.01. The van der Waals surface area contributed by atoms with Crippen LogP contribution in [0, 0.1) is 5.41 Å². The molecule has 0 fully saturated rings. The van der Waals surface area contributed by atoms with Crippen molar-refractivity contribution in [3.63, 3.8) is 0 Å². The highest BCUT2D eigenvalue weighted by molar-refractivity contribution is 6.37. The van der Waals surface area contributed by atoms with Gasteiger partial charge in [0, 0.05) is 30.5 Å². The van der Waals surface area contributed by atoms with Crippen molar-refractivity contribution in [2.75, 3.05) is 13.9 Å². The Labute approximate surface area is 134 Å². The van der Waals surface area contributed by atoms with Crippen LogP contribution in [-0.4, -0.2) is 19.7 Å². The zero-order valence-corrected chi connectivity index (χ0v) is 13.8. The van der Waals surface area contributed by atoms with E-state index >= 15 is 0 Å². The zero-order chi connectivity index (χ0) is 15.6. The third-order valence-electron chi connectivity index (χ3n) is 3.39. The number of methoxy groups -OCH3 is 1. The smallest absolute Gasteiger partial charge is 0.188 e. The van der Waals surface area contributed by atoms with Crippen molar-refractivity contribution < 1.29 is 14.3 Å². The lowest BCUT2D eigenvalue weighted by molar-refractivity contribution is -0.116. The molecule has 0 saturated heterocycles. The highest BCUT2D eigenvalue weighted by Gasteiger charge is 2.35. The van der Waals surface area contributed by atoms with Crippen LogP contribution in [0.4, 0.5) is 0 Å². The van der Waals surface area contributed by atoms with Crippen LogP contribution in [0.25, 0.3) is 5.57 Å². The van der Waals surface area contributed by atoms with Crippen LogP contribution in [0.3, 0.4) is 0 Å². The molecule has 0 N–H and O–H groups in total. The zero-order valence-electron chi connectivity index (χ0n) is 12.3. The van der Waals surface area contributed by atoms with Gasteiger partial charge in [0.25, 0.3) is 0 Å². The van der Waals surface area contributed by atoms with E-state index < -0.39 is 0 Å². The van der Waals surface area contributed by atoms with Crippen molar-refractivity contribution in [1.82, 2.24) is 0 Å². The predicted octanol–water partition coefficient (Wildman–Crippen LogP) is 4.71. The Kier molecular flexibility index (Phi) is 4.97. The van der Waals surface area contributed by atoms with Crippen molar-refractivity contribution in [1.29, 1.82) is 0 Å². The van der Waals surface area contributed by atoms with Gasteiger partial charge < -0.3 is 9.47 Å². The van der Waals surface area contributed by atoms with Gasteiger partial charge in [-0.3, -0.25) is 4.79 Å². The normalized spacial score (nSPS) is 18.0. The first-order valence-electron chi connectivity index (χ1n) is 6.67. The molecule has 0 spiro atoms. The maximum Gasteiger partial charge on any atom is 0.188 e. The van der Waals surface area contributed by atoms with Gasteiger partial charge in [-0.25, -0.2) is 0 Å². The van der Waals surface area contributed by atoms with Gasteiger partial charge in [0.05, 0.1) is 10.6 Å². The van der Waals surface area contributed by atoms with E-state index in [4.69, 9.17) is 32.7 Å². The van der Waals surface area contributed by atoms with Crippen molar-refractivity contribution in [3.8, 4) is 0 Å². The number of rotatable bonds is 4. The van der Waals surface area contributed by atoms with Gasteiger partial charge in [0.1, 0.15) is 5.76 Å². The fraction of sp³-hybridized carbons (Fsp3) is 0.438. The van der Waals surface area contributed by atoms with Gasteiger partial charge in [-0.2, -0.15) is 0 Å². The molecule has 21 heavy (non-hydrogen) atoms. The molecule has 2 rings (SSSR count). The Morgan fingerprint density at radius 2 is 1.95 bits per heavy atom. The molecule has 0 radical (unpaired) electrons. The summed E-state index contributed by atoms with van der Waals surface area (Å²) in [5, 5.41) is 0.983. The number of benzene rings is 1. The first-order valence-corrected chi connectivity index (χ1v) is 7.43. The highest BCUT2D eigenvalue weighted by atomic mass is 35.5. The first-order chi connectivity index (χ1) is 9.84. The summed E-state index contributed by atoms with van der Waals surface area (Å²) >= 11 is 12.2. The number of hydrogen-bond donors (Lipinski definition) is 0. The van der Waals surface area contributed by atoms with Crippen molar-refractivity contribution in [3.05, 3.63) is 39.6 Å². The van der Waals surface area contributed by atoms with Crippen LogP contribution in [0.1, 0.15) is 32.3 Å². The summed E-state index contributed by atoms with van der Waals surface area (Å²) in [5.41, 5.74) is 1.06. The Balaban J connectivity index is 2.52. The molecule has 1 aliphatic rings. The monoisotopic (exact) mass is 328 g/mol. The van der Waals surface area contributed by atoms with E-state index in [9.17, 15) is 4.79 Å². The Hall–Kier alpha value is -1.03. The van der Waals surface area contributed by atoms with Crippen molar-refractivity contribution in [2.24, 2.45) is 5.41 Å². The molecule has 0 atom stereocenters. The van der Waals surface area contributed by atoms with Crippen LogP contribution in [0.15, 0.2) is 24.0 Å². The molecule has 1 aliphatic carbocycles. The number of halogens is 2. The standard InChI is InChI=1S/C16H18Cl2O3/c1-16(2)7-13(19)15(14(8-16)21-9-20-3)11-5-4-10(17)6-12(11)18/h4-6H,7-9H2,1-3H3. The molecular formula is C16H18Cl2O3. The van der Waals surface area contributed by atoms with E-state index in [0.717, 1.165) is 0 Å². The predicted molar refractivity (Wildman–Crippen MR) is 84.4 cm³/mol. The van der Waals surface area contributed by atoms with Gasteiger partial charge in [-0.05, 0) is 17.5 Å². The van der Waals surface area contributed by atoms with Gasteiger partial charge in [-0.1, -0.05) is 43.1 Å². The Bertz CT molecular complexity index is 591. The number of ketones is 1. The van der Waals surface area contributed by atoms with E-state index in [1.165, 1.54) is 0 Å². The lowest BCUT2D eigenvalue weighted by Gasteiger charge is -2.32. The van der Waals surface area contributed by atoms with Crippen LogP contribution in [0.2, 0.25) is 10.0 Å². The van der Waals surface area contributed by atoms with E-state index in [1.807, 2.05) is 13.8 Å². The van der Waals surface area contributed by atoms with Crippen LogP contribution in [-0.2, 0) is 14.3 Å². The molecular weight excluding hydrogens is 311 g/mol. The molecule has 5 heteroatoms. The summed E-state index contributed by atoms with van der Waals surface area (Å²) in [4.78, 5) is 12.6. The minimum Gasteiger partial charge on any atom is -0.471 e. The van der Waals surface area contributed by atoms with E-state index in [0.29, 0.717) is 39.8 Å². The third-order valence-corrected chi connectivity index (χ3v) is 3.94. The molecule has 0 heterocycles. The maximum atomic E-state index is 12.6. The second kappa shape index (κ2) is 6.39. The number of carbonyl (C=O) groups is 1. The molecule has 114 valence electrons. The summed E-state index contributed by atoms with van der Waals surface area (Å²) in [6.45, 7) is 4.19. The molecule has 1 aromatic carbocycles. The summed E-state index contributed by atoms with van der Waals surface area (Å²) < 4.78 is 10.6. The topological polar surface area (TPSA) is 35.5 Å². The lowest BCUT2D eigenvalue weighted by atomic mass is 9.75. The van der Waals surface area contributed by atoms with Gasteiger partial charge in [0.15, 0.2) is 12.6 Å². The van der Waals surface area contributed by atoms with Crippen molar-refractivity contribution >= 4 is 34.6 Å². The van der Waals surface area contributed by atoms with Gasteiger partial charge in [-0.15, -0.1) is 0 Å². The highest BCUT2D eigenvalue weighted by Crippen LogP contribution is 2.42. The lowest BCUT2D eigenvalue weighted by Crippen LogP contribution is -2.26. The van der Waals surface area contributed by atoms with Gasteiger partial charge in [0.2, 0.25) is 0 Å². The SMILES string of the molecule is COCOC1=C(c2ccc(Cl)cc2Cl)C(=O)CC(C)(C)C1. The summed E-state index contributed by atoms with van der Waals surface area (Å²) in [6.07, 6.45) is 1.12. The second-order valence-corrected chi connectivity index (χ2v) is 6.76. The van der Waals surface area contributed by atoms with Crippen molar-refractivity contribution in [2.45, 2.75) is 26.7 Å². The average Bonchev–Trinajstić information content (AvgIpc) is 2.36. The molecule has 1 aromatic rings.